The van der Waals surface area contributed by atoms with E-state index >= 15 is 0 Å². The summed E-state index contributed by atoms with van der Waals surface area (Å²) in [5, 5.41) is 3.37. The number of hydrogen-bond donors (Lipinski definition) is 1. The van der Waals surface area contributed by atoms with Gasteiger partial charge in [0.15, 0.2) is 0 Å². The van der Waals surface area contributed by atoms with Crippen molar-refractivity contribution < 1.29 is 4.79 Å². The topological polar surface area (TPSA) is 32.3 Å². The molecule has 116 valence electrons. The number of amides is 1. The molecule has 1 unspecified atom stereocenters. The van der Waals surface area contributed by atoms with Crippen molar-refractivity contribution in [2.45, 2.75) is 52.5 Å². The van der Waals surface area contributed by atoms with E-state index in [-0.39, 0.29) is 11.8 Å². The molecule has 0 spiro atoms. The maximum atomic E-state index is 13.1. The van der Waals surface area contributed by atoms with Gasteiger partial charge in [-0.1, -0.05) is 45.9 Å². The standard InChI is InChI=1S/C18H28N2O/c1-5-14(6-2)20(12-13(3)4)18(21)16-11-19-17-10-8-7-9-15(16)17/h7-10,13-14,16,19H,5-6,11-12H2,1-4H3. The van der Waals surface area contributed by atoms with Gasteiger partial charge < -0.3 is 10.2 Å². The van der Waals surface area contributed by atoms with Crippen molar-refractivity contribution in [3.63, 3.8) is 0 Å². The first-order valence-corrected chi connectivity index (χ1v) is 8.21. The summed E-state index contributed by atoms with van der Waals surface area (Å²) in [5.74, 6) is 0.759. The van der Waals surface area contributed by atoms with Crippen LogP contribution in [0, 0.1) is 5.92 Å². The number of rotatable bonds is 6. The fourth-order valence-corrected chi connectivity index (χ4v) is 3.25. The van der Waals surface area contributed by atoms with Gasteiger partial charge in [0.25, 0.3) is 0 Å². The highest BCUT2D eigenvalue weighted by Crippen LogP contribution is 2.33. The van der Waals surface area contributed by atoms with E-state index in [4.69, 9.17) is 0 Å². The maximum absolute atomic E-state index is 13.1. The average Bonchev–Trinajstić information content (AvgIpc) is 2.90. The van der Waals surface area contributed by atoms with Gasteiger partial charge in [0.1, 0.15) is 0 Å². The summed E-state index contributed by atoms with van der Waals surface area (Å²) in [6.07, 6.45) is 2.05. The second kappa shape index (κ2) is 6.97. The molecule has 1 aromatic carbocycles. The predicted molar refractivity (Wildman–Crippen MR) is 88.6 cm³/mol. The molecule has 0 radical (unpaired) electrons. The Morgan fingerprint density at radius 3 is 2.57 bits per heavy atom. The van der Waals surface area contributed by atoms with E-state index in [1.54, 1.807) is 0 Å². The van der Waals surface area contributed by atoms with Gasteiger partial charge in [0.2, 0.25) is 5.91 Å². The van der Waals surface area contributed by atoms with Crippen LogP contribution in [0.2, 0.25) is 0 Å². The third-order valence-corrected chi connectivity index (χ3v) is 4.36. The number of fused-ring (bicyclic) bond motifs is 1. The fourth-order valence-electron chi connectivity index (χ4n) is 3.25. The lowest BCUT2D eigenvalue weighted by atomic mass is 9.97. The number of benzene rings is 1. The summed E-state index contributed by atoms with van der Waals surface area (Å²) in [7, 11) is 0. The normalized spacial score (nSPS) is 17.0. The van der Waals surface area contributed by atoms with Crippen molar-refractivity contribution in [3.05, 3.63) is 29.8 Å². The van der Waals surface area contributed by atoms with E-state index in [1.165, 1.54) is 0 Å². The van der Waals surface area contributed by atoms with Crippen LogP contribution in [0.15, 0.2) is 24.3 Å². The summed E-state index contributed by atoms with van der Waals surface area (Å²) in [6.45, 7) is 10.3. The Labute approximate surface area is 128 Å². The van der Waals surface area contributed by atoms with E-state index in [0.717, 1.165) is 37.2 Å². The zero-order chi connectivity index (χ0) is 15.4. The lowest BCUT2D eigenvalue weighted by Crippen LogP contribution is -2.44. The Balaban J connectivity index is 2.23. The summed E-state index contributed by atoms with van der Waals surface area (Å²) >= 11 is 0. The maximum Gasteiger partial charge on any atom is 0.232 e. The molecule has 0 saturated carbocycles. The molecular formula is C18H28N2O. The van der Waals surface area contributed by atoms with E-state index < -0.39 is 0 Å². The van der Waals surface area contributed by atoms with Gasteiger partial charge in [-0.3, -0.25) is 4.79 Å². The van der Waals surface area contributed by atoms with Crippen molar-refractivity contribution in [1.29, 1.82) is 0 Å². The highest BCUT2D eigenvalue weighted by atomic mass is 16.2. The molecule has 0 fully saturated rings. The highest BCUT2D eigenvalue weighted by molar-refractivity contribution is 5.88. The van der Waals surface area contributed by atoms with Crippen LogP contribution in [0.5, 0.6) is 0 Å². The van der Waals surface area contributed by atoms with E-state index in [0.29, 0.717) is 12.0 Å². The second-order valence-electron chi connectivity index (χ2n) is 6.38. The Morgan fingerprint density at radius 2 is 1.95 bits per heavy atom. The molecule has 3 nitrogen and oxygen atoms in total. The van der Waals surface area contributed by atoms with Crippen LogP contribution >= 0.6 is 0 Å². The lowest BCUT2D eigenvalue weighted by Gasteiger charge is -2.34. The minimum atomic E-state index is -0.0273. The van der Waals surface area contributed by atoms with Gasteiger partial charge in [-0.05, 0) is 30.4 Å². The SMILES string of the molecule is CCC(CC)N(CC(C)C)C(=O)C1CNc2ccccc21. The molecule has 3 heteroatoms. The first-order valence-electron chi connectivity index (χ1n) is 8.21. The largest absolute Gasteiger partial charge is 0.384 e. The second-order valence-corrected chi connectivity index (χ2v) is 6.38. The summed E-state index contributed by atoms with van der Waals surface area (Å²) in [6, 6.07) is 8.54. The average molecular weight is 288 g/mol. The van der Waals surface area contributed by atoms with Crippen molar-refractivity contribution in [2.24, 2.45) is 5.92 Å². The molecule has 0 bridgehead atoms. The molecule has 0 saturated heterocycles. The number of carbonyl (C=O) groups is 1. The Kier molecular flexibility index (Phi) is 5.27. The number of carbonyl (C=O) groups excluding carboxylic acids is 1. The van der Waals surface area contributed by atoms with Crippen LogP contribution in [0.3, 0.4) is 0 Å². The van der Waals surface area contributed by atoms with Gasteiger partial charge in [-0.15, -0.1) is 0 Å². The first kappa shape index (κ1) is 15.9. The van der Waals surface area contributed by atoms with Gasteiger partial charge in [-0.25, -0.2) is 0 Å². The minimum Gasteiger partial charge on any atom is -0.384 e. The minimum absolute atomic E-state index is 0.0273. The van der Waals surface area contributed by atoms with E-state index in [1.807, 2.05) is 12.1 Å². The molecule has 1 aliphatic rings. The van der Waals surface area contributed by atoms with Crippen LogP contribution in [-0.4, -0.2) is 29.9 Å². The van der Waals surface area contributed by atoms with Crippen LogP contribution in [0.25, 0.3) is 0 Å². The van der Waals surface area contributed by atoms with Gasteiger partial charge >= 0.3 is 0 Å². The molecular weight excluding hydrogens is 260 g/mol. The third-order valence-electron chi connectivity index (χ3n) is 4.36. The molecule has 1 aromatic rings. The zero-order valence-corrected chi connectivity index (χ0v) is 13.7. The van der Waals surface area contributed by atoms with Crippen LogP contribution < -0.4 is 5.32 Å². The summed E-state index contributed by atoms with van der Waals surface area (Å²) in [4.78, 5) is 15.2. The van der Waals surface area contributed by atoms with Gasteiger partial charge in [0, 0.05) is 24.8 Å². The third kappa shape index (κ3) is 3.39. The number of nitrogens with zero attached hydrogens (tertiary/aromatic N) is 1. The first-order chi connectivity index (χ1) is 10.1. The monoisotopic (exact) mass is 288 g/mol. The van der Waals surface area contributed by atoms with E-state index in [9.17, 15) is 4.79 Å². The molecule has 2 rings (SSSR count). The molecule has 0 aliphatic carbocycles. The smallest absolute Gasteiger partial charge is 0.232 e. The predicted octanol–water partition coefficient (Wildman–Crippen LogP) is 3.87. The van der Waals surface area contributed by atoms with Crippen molar-refractivity contribution in [2.75, 3.05) is 18.4 Å². The van der Waals surface area contributed by atoms with Crippen LogP contribution in [-0.2, 0) is 4.79 Å². The highest BCUT2D eigenvalue weighted by Gasteiger charge is 2.33. The Morgan fingerprint density at radius 1 is 1.29 bits per heavy atom. The molecule has 0 aromatic heterocycles. The van der Waals surface area contributed by atoms with Gasteiger partial charge in [-0.2, -0.15) is 0 Å². The molecule has 1 aliphatic heterocycles. The van der Waals surface area contributed by atoms with Gasteiger partial charge in [0.05, 0.1) is 5.92 Å². The lowest BCUT2D eigenvalue weighted by molar-refractivity contribution is -0.135. The van der Waals surface area contributed by atoms with Crippen molar-refractivity contribution in [1.82, 2.24) is 4.90 Å². The van der Waals surface area contributed by atoms with Crippen LogP contribution in [0.4, 0.5) is 5.69 Å². The molecule has 21 heavy (non-hydrogen) atoms. The van der Waals surface area contributed by atoms with Crippen molar-refractivity contribution >= 4 is 11.6 Å². The number of nitrogens with one attached hydrogen (secondary N) is 1. The van der Waals surface area contributed by atoms with Crippen LogP contribution in [0.1, 0.15) is 52.0 Å². The quantitative estimate of drug-likeness (QED) is 0.862. The zero-order valence-electron chi connectivity index (χ0n) is 13.7. The number of hydrogen-bond acceptors (Lipinski definition) is 2. The fraction of sp³-hybridized carbons (Fsp3) is 0.611. The number of anilines is 1. The Bertz CT molecular complexity index is 480. The molecule has 1 amide bonds. The summed E-state index contributed by atoms with van der Waals surface area (Å²) in [5.41, 5.74) is 2.27. The summed E-state index contributed by atoms with van der Waals surface area (Å²) < 4.78 is 0. The molecule has 1 N–H and O–H groups in total. The van der Waals surface area contributed by atoms with Crippen molar-refractivity contribution in [3.8, 4) is 0 Å². The number of para-hydroxylation sites is 1. The Hall–Kier alpha value is -1.51. The molecule has 1 atom stereocenters. The molecule has 1 heterocycles. The van der Waals surface area contributed by atoms with E-state index in [2.05, 4.69) is 50.0 Å².